The fraction of sp³-hybridized carbons (Fsp3) is 0.450. The SMILES string of the molecule is C=C/C=C(\C=C)CNC(=O)CNC(=O)[C@@H](C[C@H](O)CNC(=O)C1CCCC1C(=O)N[C@H](C)c1ccccc1)OC.CCC.COc1cc(F)cc(F)c1. The summed E-state index contributed by atoms with van der Waals surface area (Å²) >= 11 is 0. The number of carbonyl (C=O) groups is 4. The molecule has 2 aromatic carbocycles. The molecule has 0 spiro atoms. The van der Waals surface area contributed by atoms with Gasteiger partial charge in [-0.25, -0.2) is 8.78 Å². The van der Waals surface area contributed by atoms with Crippen LogP contribution < -0.4 is 26.0 Å². The van der Waals surface area contributed by atoms with Crippen molar-refractivity contribution in [3.05, 3.63) is 103 Å². The van der Waals surface area contributed by atoms with Crippen LogP contribution in [0.5, 0.6) is 5.75 Å². The maximum atomic E-state index is 12.9. The minimum atomic E-state index is -1.07. The summed E-state index contributed by atoms with van der Waals surface area (Å²) in [5.41, 5.74) is 1.75. The van der Waals surface area contributed by atoms with Gasteiger partial charge in [0.05, 0.1) is 25.8 Å². The molecule has 3 rings (SSSR count). The van der Waals surface area contributed by atoms with Crippen molar-refractivity contribution in [2.24, 2.45) is 11.8 Å². The van der Waals surface area contributed by atoms with E-state index in [1.54, 1.807) is 18.2 Å². The number of methoxy groups -OCH3 is 2. The molecule has 1 aliphatic carbocycles. The Morgan fingerprint density at radius 3 is 2.08 bits per heavy atom. The van der Waals surface area contributed by atoms with Crippen molar-refractivity contribution in [3.8, 4) is 5.75 Å². The molecule has 292 valence electrons. The van der Waals surface area contributed by atoms with E-state index < -0.39 is 47.5 Å². The molecule has 2 aromatic rings. The Hall–Kier alpha value is -4.88. The maximum absolute atomic E-state index is 12.9. The minimum Gasteiger partial charge on any atom is -0.497 e. The van der Waals surface area contributed by atoms with Gasteiger partial charge in [-0.3, -0.25) is 19.2 Å². The van der Waals surface area contributed by atoms with Gasteiger partial charge in [-0.1, -0.05) is 88.4 Å². The molecule has 0 saturated heterocycles. The zero-order valence-electron chi connectivity index (χ0n) is 31.5. The van der Waals surface area contributed by atoms with Gasteiger partial charge in [-0.2, -0.15) is 0 Å². The molecule has 5 atom stereocenters. The van der Waals surface area contributed by atoms with E-state index in [9.17, 15) is 33.1 Å². The van der Waals surface area contributed by atoms with E-state index in [1.807, 2.05) is 37.3 Å². The Balaban J connectivity index is 0.000000908. The van der Waals surface area contributed by atoms with Gasteiger partial charge in [0.25, 0.3) is 0 Å². The van der Waals surface area contributed by atoms with E-state index in [2.05, 4.69) is 53.0 Å². The number of ether oxygens (including phenoxy) is 2. The lowest BCUT2D eigenvalue weighted by atomic mass is 9.93. The van der Waals surface area contributed by atoms with Gasteiger partial charge in [0.2, 0.25) is 23.6 Å². The molecule has 2 unspecified atom stereocenters. The van der Waals surface area contributed by atoms with Crippen molar-refractivity contribution in [2.45, 2.75) is 71.1 Å². The number of halogens is 2. The maximum Gasteiger partial charge on any atom is 0.249 e. The third-order valence-electron chi connectivity index (χ3n) is 8.00. The number of benzene rings is 2. The van der Waals surface area contributed by atoms with Crippen LogP contribution in [-0.4, -0.2) is 74.8 Å². The Kier molecular flexibility index (Phi) is 22.6. The van der Waals surface area contributed by atoms with Crippen molar-refractivity contribution in [1.82, 2.24) is 21.3 Å². The molecule has 0 aliphatic heterocycles. The second kappa shape index (κ2) is 26.0. The van der Waals surface area contributed by atoms with Gasteiger partial charge in [0, 0.05) is 56.7 Å². The molecular weight excluding hydrogens is 686 g/mol. The predicted octanol–water partition coefficient (Wildman–Crippen LogP) is 5.08. The summed E-state index contributed by atoms with van der Waals surface area (Å²) in [6.45, 7) is 13.3. The second-order valence-electron chi connectivity index (χ2n) is 12.3. The molecular formula is C40H56F2N4O7. The normalized spacial score (nSPS) is 16.5. The van der Waals surface area contributed by atoms with Gasteiger partial charge in [0.1, 0.15) is 23.5 Å². The van der Waals surface area contributed by atoms with E-state index in [1.165, 1.54) is 20.6 Å². The molecule has 0 bridgehead atoms. The fourth-order valence-corrected chi connectivity index (χ4v) is 5.26. The molecule has 11 nitrogen and oxygen atoms in total. The summed E-state index contributed by atoms with van der Waals surface area (Å²) < 4.78 is 34.4. The Morgan fingerprint density at radius 1 is 0.925 bits per heavy atom. The van der Waals surface area contributed by atoms with Crippen molar-refractivity contribution in [2.75, 3.05) is 33.9 Å². The second-order valence-corrected chi connectivity index (χ2v) is 12.3. The predicted molar refractivity (Wildman–Crippen MR) is 202 cm³/mol. The molecule has 53 heavy (non-hydrogen) atoms. The number of allylic oxidation sites excluding steroid dienone is 2. The minimum absolute atomic E-state index is 0.0872. The Morgan fingerprint density at radius 2 is 1.53 bits per heavy atom. The van der Waals surface area contributed by atoms with Gasteiger partial charge in [-0.15, -0.1) is 0 Å². The van der Waals surface area contributed by atoms with Gasteiger partial charge in [0.15, 0.2) is 0 Å². The highest BCUT2D eigenvalue weighted by molar-refractivity contribution is 5.88. The number of nitrogens with one attached hydrogen (secondary N) is 4. The van der Waals surface area contributed by atoms with Crippen molar-refractivity contribution < 1.29 is 42.5 Å². The number of hydrogen-bond donors (Lipinski definition) is 5. The molecule has 1 aliphatic rings. The van der Waals surface area contributed by atoms with Gasteiger partial charge >= 0.3 is 0 Å². The summed E-state index contributed by atoms with van der Waals surface area (Å²) in [7, 11) is 2.68. The zero-order valence-corrected chi connectivity index (χ0v) is 31.5. The molecule has 0 aromatic heterocycles. The molecule has 0 radical (unpaired) electrons. The van der Waals surface area contributed by atoms with Crippen LogP contribution in [-0.2, 0) is 23.9 Å². The van der Waals surface area contributed by atoms with Gasteiger partial charge in [-0.05, 0) is 30.9 Å². The number of rotatable bonds is 17. The van der Waals surface area contributed by atoms with Crippen LogP contribution in [0.4, 0.5) is 8.78 Å². The molecule has 4 amide bonds. The van der Waals surface area contributed by atoms with Crippen LogP contribution in [0.3, 0.4) is 0 Å². The first-order valence-electron chi connectivity index (χ1n) is 17.7. The number of hydrogen-bond acceptors (Lipinski definition) is 7. The summed E-state index contributed by atoms with van der Waals surface area (Å²) in [6.07, 6.45) is 5.92. The monoisotopic (exact) mass is 742 g/mol. The van der Waals surface area contributed by atoms with E-state index in [0.717, 1.165) is 35.8 Å². The smallest absolute Gasteiger partial charge is 0.249 e. The first-order valence-corrected chi connectivity index (χ1v) is 17.7. The van der Waals surface area contributed by atoms with E-state index in [0.29, 0.717) is 12.8 Å². The van der Waals surface area contributed by atoms with E-state index >= 15 is 0 Å². The van der Waals surface area contributed by atoms with Crippen LogP contribution in [0.25, 0.3) is 0 Å². The first kappa shape index (κ1) is 46.1. The first-order chi connectivity index (χ1) is 25.3. The van der Waals surface area contributed by atoms with Crippen LogP contribution in [0.1, 0.15) is 64.5 Å². The van der Waals surface area contributed by atoms with E-state index in [4.69, 9.17) is 4.74 Å². The number of aliphatic hydroxyl groups is 1. The van der Waals surface area contributed by atoms with Crippen LogP contribution in [0.15, 0.2) is 85.5 Å². The van der Waals surface area contributed by atoms with E-state index in [-0.39, 0.29) is 49.7 Å². The fourth-order valence-electron chi connectivity index (χ4n) is 5.26. The average molecular weight is 743 g/mol. The standard InChI is InChI=1S/C30H42N4O6.C7H6F2O.C3H8/c1-5-11-21(6-2)17-31-27(36)19-33-30(39)26(40-4)16-23(35)18-32-28(37)24-14-10-15-25(24)29(38)34-20(3)22-12-8-7-9-13-22;1-10-7-3-5(8)2-6(9)4-7;1-3-2/h5-9,11-13,20,23-26,35H,1-2,10,14-19H2,3-4H3,(H,31,36)(H,32,37)(H,33,39)(H,34,38);2-4H,1H3;3H2,1-2H3/b21-11+;;/t20-,23+,24?,25?,26-;;/m1../s1. The zero-order chi connectivity index (χ0) is 39.8. The molecule has 0 heterocycles. The molecule has 1 saturated carbocycles. The molecule has 13 heteroatoms. The lowest BCUT2D eigenvalue weighted by Crippen LogP contribution is -2.45. The summed E-state index contributed by atoms with van der Waals surface area (Å²) in [4.78, 5) is 50.3. The third kappa shape index (κ3) is 17.9. The number of aliphatic hydroxyl groups excluding tert-OH is 1. The van der Waals surface area contributed by atoms with Crippen molar-refractivity contribution >= 4 is 23.6 Å². The summed E-state index contributed by atoms with van der Waals surface area (Å²) in [6, 6.07) is 12.5. The third-order valence-corrected chi connectivity index (χ3v) is 8.00. The Bertz CT molecular complexity index is 1470. The highest BCUT2D eigenvalue weighted by Gasteiger charge is 2.38. The van der Waals surface area contributed by atoms with Crippen molar-refractivity contribution in [1.29, 1.82) is 0 Å². The lowest BCUT2D eigenvalue weighted by molar-refractivity contribution is -0.135. The summed E-state index contributed by atoms with van der Waals surface area (Å²) in [5.74, 6) is -3.42. The number of carbonyl (C=O) groups excluding carboxylic acids is 4. The average Bonchev–Trinajstić information content (AvgIpc) is 3.64. The topological polar surface area (TPSA) is 155 Å². The quantitative estimate of drug-likeness (QED) is 0.142. The highest BCUT2D eigenvalue weighted by atomic mass is 19.1. The van der Waals surface area contributed by atoms with Crippen LogP contribution in [0.2, 0.25) is 0 Å². The lowest BCUT2D eigenvalue weighted by Gasteiger charge is -2.23. The van der Waals surface area contributed by atoms with Crippen molar-refractivity contribution in [3.63, 3.8) is 0 Å². The Labute approximate surface area is 312 Å². The number of amides is 4. The molecule has 1 fully saturated rings. The molecule has 5 N–H and O–H groups in total. The summed E-state index contributed by atoms with van der Waals surface area (Å²) in [5, 5.41) is 21.3. The van der Waals surface area contributed by atoms with Crippen LogP contribution in [0, 0.1) is 23.5 Å². The van der Waals surface area contributed by atoms with Gasteiger partial charge < -0.3 is 35.8 Å². The van der Waals surface area contributed by atoms with Crippen LogP contribution >= 0.6 is 0 Å². The largest absolute Gasteiger partial charge is 0.497 e. The highest BCUT2D eigenvalue weighted by Crippen LogP contribution is 2.32.